The number of thiazole rings is 1. The lowest BCUT2D eigenvalue weighted by Gasteiger charge is -2.45. The van der Waals surface area contributed by atoms with E-state index in [0.29, 0.717) is 25.7 Å². The van der Waals surface area contributed by atoms with E-state index in [2.05, 4.69) is 51.5 Å². The Hall–Kier alpha value is -5.85. The fraction of sp³-hybridized carbons (Fsp3) is 0.519. The minimum Gasteiger partial charge on any atom is -0.457 e. The average molecular weight is 1000 g/mol. The smallest absolute Gasteiger partial charge is 0.457 e. The fourth-order valence-corrected chi connectivity index (χ4v) is 10.6. The molecule has 378 valence electrons. The van der Waals surface area contributed by atoms with Crippen molar-refractivity contribution >= 4 is 71.2 Å². The number of nitro groups is 1. The summed E-state index contributed by atoms with van der Waals surface area (Å²) >= 11 is 1.59. The molecule has 0 radical (unpaired) electrons. The third-order valence-corrected chi connectivity index (χ3v) is 19.0. The molecular formula is C52H67N3O13SSi. The van der Waals surface area contributed by atoms with Crippen molar-refractivity contribution in [3.05, 3.63) is 99.1 Å². The fourth-order valence-electron chi connectivity index (χ4n) is 8.30. The van der Waals surface area contributed by atoms with Crippen LogP contribution in [0.5, 0.6) is 5.75 Å². The highest BCUT2D eigenvalue weighted by molar-refractivity contribution is 7.18. The Morgan fingerprint density at radius 2 is 1.77 bits per heavy atom. The second-order valence-corrected chi connectivity index (χ2v) is 26.3. The summed E-state index contributed by atoms with van der Waals surface area (Å²) < 4.78 is 31.3. The van der Waals surface area contributed by atoms with Crippen LogP contribution in [-0.4, -0.2) is 77.6 Å². The Bertz CT molecular complexity index is 2520. The van der Waals surface area contributed by atoms with E-state index >= 15 is 4.79 Å². The summed E-state index contributed by atoms with van der Waals surface area (Å²) in [6, 6.07) is 9.65. The van der Waals surface area contributed by atoms with E-state index in [1.54, 1.807) is 31.3 Å². The van der Waals surface area contributed by atoms with E-state index in [-0.39, 0.29) is 60.3 Å². The Morgan fingerprint density at radius 1 is 1.07 bits per heavy atom. The Balaban J connectivity index is 1.39. The van der Waals surface area contributed by atoms with Crippen molar-refractivity contribution in [3.63, 3.8) is 0 Å². The van der Waals surface area contributed by atoms with Crippen LogP contribution in [0.4, 0.5) is 10.5 Å². The zero-order valence-electron chi connectivity index (χ0n) is 42.0. The number of allylic oxidation sites excluding steroid dienone is 2. The first-order valence-electron chi connectivity index (χ1n) is 23.7. The van der Waals surface area contributed by atoms with Gasteiger partial charge in [0.25, 0.3) is 11.8 Å². The minimum atomic E-state index is -2.65. The first-order valence-corrected chi connectivity index (χ1v) is 27.4. The number of hydrogen-bond acceptors (Lipinski definition) is 15. The molecule has 0 fully saturated rings. The molecule has 70 heavy (non-hydrogen) atoms. The summed E-state index contributed by atoms with van der Waals surface area (Å²) in [5, 5.41) is 12.7. The van der Waals surface area contributed by atoms with Crippen molar-refractivity contribution in [2.75, 3.05) is 6.54 Å². The molecule has 0 N–H and O–H groups in total. The number of fused-ring (bicyclic) bond motifs is 1. The Morgan fingerprint density at radius 3 is 2.43 bits per heavy atom. The van der Waals surface area contributed by atoms with Crippen molar-refractivity contribution in [2.24, 2.45) is 17.3 Å². The maximum Gasteiger partial charge on any atom is 0.508 e. The number of carbonyl (C=O) groups excluding carboxylic acids is 6. The molecule has 1 aromatic heterocycles. The van der Waals surface area contributed by atoms with Gasteiger partial charge in [-0.2, -0.15) is 0 Å². The molecule has 0 saturated carbocycles. The molecule has 2 aromatic carbocycles. The van der Waals surface area contributed by atoms with Gasteiger partial charge in [-0.3, -0.25) is 39.0 Å². The molecule has 2 aliphatic heterocycles. The molecule has 2 aliphatic rings. The van der Waals surface area contributed by atoms with Gasteiger partial charge in [0.2, 0.25) is 5.75 Å². The maximum atomic E-state index is 15.3. The SMILES string of the molecule is C=CC[C@H]1C(=O)C(C)(C)[C@@H](O[Si](C)(C)C(C)(C)C)CC(=O)O[C@H](c2ccc3sc(C)nc3c2)CC=C(C)CCC[C@H](C)[C@@H]1OC(=O)OCc1ccc(OC(=O)CCCN2C(=O)C=CC2=O)c([N+](=O)[O-])c1. The highest BCUT2D eigenvalue weighted by Crippen LogP contribution is 2.43. The van der Waals surface area contributed by atoms with E-state index in [4.69, 9.17) is 23.4 Å². The molecular weight excluding hydrogens is 935 g/mol. The number of aryl methyl sites for hydroxylation is 1. The van der Waals surface area contributed by atoms with Crippen LogP contribution < -0.4 is 4.74 Å². The molecule has 0 aliphatic carbocycles. The van der Waals surface area contributed by atoms with Crippen LogP contribution in [0.1, 0.15) is 122 Å². The van der Waals surface area contributed by atoms with E-state index < -0.39 is 85.1 Å². The van der Waals surface area contributed by atoms with Gasteiger partial charge in [0, 0.05) is 43.0 Å². The van der Waals surface area contributed by atoms with Gasteiger partial charge < -0.3 is 23.4 Å². The third kappa shape index (κ3) is 14.1. The number of benzene rings is 2. The predicted octanol–water partition coefficient (Wildman–Crippen LogP) is 11.2. The second-order valence-electron chi connectivity index (χ2n) is 20.3. The number of nitro benzene ring substituents is 1. The maximum absolute atomic E-state index is 15.3. The van der Waals surface area contributed by atoms with Crippen molar-refractivity contribution in [1.82, 2.24) is 9.88 Å². The molecule has 2 amide bonds. The van der Waals surface area contributed by atoms with Crippen LogP contribution in [0, 0.1) is 34.3 Å². The van der Waals surface area contributed by atoms with Crippen molar-refractivity contribution in [3.8, 4) is 5.75 Å². The number of ether oxygens (including phenoxy) is 4. The zero-order chi connectivity index (χ0) is 51.7. The quantitative estimate of drug-likeness (QED) is 0.0280. The topological polar surface area (TPSA) is 208 Å². The molecule has 5 rings (SSSR count). The van der Waals surface area contributed by atoms with Gasteiger partial charge in [0.05, 0.1) is 38.6 Å². The van der Waals surface area contributed by atoms with Crippen LogP contribution in [0.25, 0.3) is 10.2 Å². The molecule has 0 saturated heterocycles. The first-order chi connectivity index (χ1) is 32.8. The number of Topliss-reactive ketones (excluding diaryl/α,β-unsaturated/α-hetero) is 1. The normalized spacial score (nSPS) is 21.8. The third-order valence-electron chi connectivity index (χ3n) is 13.5. The molecule has 5 atom stereocenters. The Kier molecular flexibility index (Phi) is 18.4. The Labute approximate surface area is 415 Å². The summed E-state index contributed by atoms with van der Waals surface area (Å²) in [7, 11) is -2.65. The molecule has 18 heteroatoms. The summed E-state index contributed by atoms with van der Waals surface area (Å²) in [6.07, 6.45) is 4.36. The standard InChI is InChI=1S/C52H67N3O13SSi/c1-12-15-37-48(67-50(61)64-31-35-20-23-41(39(28-35)55(62)63)66-46(58)18-14-27-54-44(56)25-26-45(54)57)33(3)17-13-16-32(2)19-22-40(36-21-24-42-38(29-36)53-34(4)69-42)65-47(59)30-43(52(8,9)49(37)60)68-70(10,11)51(5,6)7/h12,19-21,23-26,28-29,33,37,40,43,48H,1,13-18,22,27,30-31H2,2-11H3/t33-,37+,40-,43-,48-/m0/s1. The number of esters is 2. The van der Waals surface area contributed by atoms with Crippen molar-refractivity contribution in [1.29, 1.82) is 0 Å². The monoisotopic (exact) mass is 1000 g/mol. The van der Waals surface area contributed by atoms with Crippen LogP contribution in [0.3, 0.4) is 0 Å². The molecule has 0 unspecified atom stereocenters. The van der Waals surface area contributed by atoms with E-state index in [0.717, 1.165) is 49.5 Å². The van der Waals surface area contributed by atoms with Gasteiger partial charge in [0.1, 0.15) is 24.6 Å². The van der Waals surface area contributed by atoms with Crippen LogP contribution in [0.15, 0.2) is 72.9 Å². The number of rotatable bonds is 14. The van der Waals surface area contributed by atoms with E-state index in [1.807, 2.05) is 39.0 Å². The van der Waals surface area contributed by atoms with Gasteiger partial charge in [0.15, 0.2) is 8.32 Å². The molecule has 0 spiro atoms. The largest absolute Gasteiger partial charge is 0.508 e. The molecule has 3 aromatic rings. The van der Waals surface area contributed by atoms with Crippen LogP contribution >= 0.6 is 11.3 Å². The summed E-state index contributed by atoms with van der Waals surface area (Å²) in [6.45, 7) is 23.2. The lowest BCUT2D eigenvalue weighted by Crippen LogP contribution is -2.53. The second kappa shape index (κ2) is 23.4. The number of cyclic esters (lactones) is 1. The molecule has 0 bridgehead atoms. The zero-order valence-corrected chi connectivity index (χ0v) is 43.8. The summed E-state index contributed by atoms with van der Waals surface area (Å²) in [5.41, 5.74) is 1.03. The van der Waals surface area contributed by atoms with E-state index in [9.17, 15) is 34.1 Å². The molecule has 3 heterocycles. The molecule has 16 nitrogen and oxygen atoms in total. The summed E-state index contributed by atoms with van der Waals surface area (Å²) in [5.74, 6) is -4.28. The van der Waals surface area contributed by atoms with Gasteiger partial charge in [-0.25, -0.2) is 9.78 Å². The van der Waals surface area contributed by atoms with Gasteiger partial charge in [-0.05, 0) is 99.3 Å². The van der Waals surface area contributed by atoms with Crippen LogP contribution in [0.2, 0.25) is 18.1 Å². The van der Waals surface area contributed by atoms with Crippen molar-refractivity contribution < 1.29 is 57.1 Å². The number of aromatic nitrogens is 1. The van der Waals surface area contributed by atoms with Gasteiger partial charge in [-0.15, -0.1) is 17.9 Å². The van der Waals surface area contributed by atoms with Gasteiger partial charge >= 0.3 is 23.8 Å². The highest BCUT2D eigenvalue weighted by atomic mass is 32.1. The number of hydrogen-bond donors (Lipinski definition) is 0. The lowest BCUT2D eigenvalue weighted by atomic mass is 9.71. The highest BCUT2D eigenvalue weighted by Gasteiger charge is 2.50. The van der Waals surface area contributed by atoms with E-state index in [1.165, 1.54) is 12.1 Å². The predicted molar refractivity (Wildman–Crippen MR) is 267 cm³/mol. The number of amides is 2. The van der Waals surface area contributed by atoms with Gasteiger partial charge in [-0.1, -0.05) is 71.4 Å². The minimum absolute atomic E-state index is 0.0267. The lowest BCUT2D eigenvalue weighted by molar-refractivity contribution is -0.385. The number of ketones is 1. The summed E-state index contributed by atoms with van der Waals surface area (Å²) in [4.78, 5) is 96.6. The number of carbonyl (C=O) groups is 6. The number of imide groups is 1. The van der Waals surface area contributed by atoms with Crippen molar-refractivity contribution in [2.45, 2.75) is 150 Å². The first kappa shape index (κ1) is 55.1. The average Bonchev–Trinajstić information content (AvgIpc) is 3.82. The number of nitrogens with zero attached hydrogens (tertiary/aromatic N) is 3. The van der Waals surface area contributed by atoms with Crippen LogP contribution in [-0.2, 0) is 49.2 Å².